The molecule has 0 amide bonds. The molecule has 3 rings (SSSR count). The predicted molar refractivity (Wildman–Crippen MR) is 85.0 cm³/mol. The highest BCUT2D eigenvalue weighted by Crippen LogP contribution is 2.35. The summed E-state index contributed by atoms with van der Waals surface area (Å²) in [6.07, 6.45) is 4.11. The first kappa shape index (κ1) is 14.5. The van der Waals surface area contributed by atoms with Gasteiger partial charge in [0, 0.05) is 37.1 Å². The number of thiazole rings is 1. The molecule has 20 heavy (non-hydrogen) atoms. The Labute approximate surface area is 126 Å². The summed E-state index contributed by atoms with van der Waals surface area (Å²) < 4.78 is 0. The van der Waals surface area contributed by atoms with Crippen molar-refractivity contribution in [3.63, 3.8) is 0 Å². The lowest BCUT2D eigenvalue weighted by molar-refractivity contribution is 0.0777. The molecule has 3 unspecified atom stereocenters. The fourth-order valence-corrected chi connectivity index (χ4v) is 3.98. The summed E-state index contributed by atoms with van der Waals surface area (Å²) in [4.78, 5) is 7.36. The van der Waals surface area contributed by atoms with E-state index in [2.05, 4.69) is 41.4 Å². The molecule has 1 N–H and O–H groups in total. The molecule has 1 aliphatic carbocycles. The van der Waals surface area contributed by atoms with Gasteiger partial charge in [-0.1, -0.05) is 20.3 Å². The molecule has 2 aliphatic rings. The molecule has 2 heterocycles. The largest absolute Gasteiger partial charge is 0.311 e. The van der Waals surface area contributed by atoms with Crippen molar-refractivity contribution in [1.29, 1.82) is 0 Å². The van der Waals surface area contributed by atoms with Gasteiger partial charge in [-0.3, -0.25) is 4.90 Å². The van der Waals surface area contributed by atoms with Crippen LogP contribution in [0.15, 0.2) is 5.38 Å². The van der Waals surface area contributed by atoms with E-state index in [4.69, 9.17) is 0 Å². The third kappa shape index (κ3) is 3.23. The van der Waals surface area contributed by atoms with Crippen molar-refractivity contribution in [3.05, 3.63) is 16.1 Å². The molecule has 1 aromatic rings. The molecule has 1 aromatic heterocycles. The van der Waals surface area contributed by atoms with Gasteiger partial charge in [0.25, 0.3) is 0 Å². The van der Waals surface area contributed by atoms with E-state index in [-0.39, 0.29) is 0 Å². The van der Waals surface area contributed by atoms with Crippen LogP contribution in [0.2, 0.25) is 0 Å². The quantitative estimate of drug-likeness (QED) is 0.904. The first-order chi connectivity index (χ1) is 9.67. The number of piperazine rings is 1. The van der Waals surface area contributed by atoms with Crippen molar-refractivity contribution in [2.24, 2.45) is 11.8 Å². The Morgan fingerprint density at radius 1 is 1.50 bits per heavy atom. The fraction of sp³-hybridized carbons (Fsp3) is 0.812. The lowest BCUT2D eigenvalue weighted by Crippen LogP contribution is -2.58. The van der Waals surface area contributed by atoms with E-state index in [0.717, 1.165) is 31.0 Å². The van der Waals surface area contributed by atoms with Crippen LogP contribution < -0.4 is 5.32 Å². The fourth-order valence-electron chi connectivity index (χ4n) is 3.37. The minimum absolute atomic E-state index is 0.664. The Balaban J connectivity index is 1.69. The molecule has 0 spiro atoms. The second-order valence-corrected chi connectivity index (χ2v) is 7.65. The van der Waals surface area contributed by atoms with E-state index < -0.39 is 0 Å². The van der Waals surface area contributed by atoms with E-state index in [1.54, 1.807) is 11.3 Å². The monoisotopic (exact) mass is 293 g/mol. The van der Waals surface area contributed by atoms with Crippen LogP contribution in [0.3, 0.4) is 0 Å². The van der Waals surface area contributed by atoms with Crippen molar-refractivity contribution in [3.8, 4) is 0 Å². The number of rotatable bonds is 5. The first-order valence-corrected chi connectivity index (χ1v) is 8.93. The third-order valence-electron chi connectivity index (χ3n) is 5.01. The van der Waals surface area contributed by atoms with Gasteiger partial charge >= 0.3 is 0 Å². The molecule has 1 saturated carbocycles. The Kier molecular flexibility index (Phi) is 4.43. The van der Waals surface area contributed by atoms with Crippen molar-refractivity contribution < 1.29 is 0 Å². The Morgan fingerprint density at radius 2 is 2.30 bits per heavy atom. The summed E-state index contributed by atoms with van der Waals surface area (Å²) in [7, 11) is 0. The molecular weight excluding hydrogens is 266 g/mol. The van der Waals surface area contributed by atoms with Gasteiger partial charge < -0.3 is 5.32 Å². The molecule has 3 nitrogen and oxygen atoms in total. The zero-order valence-electron chi connectivity index (χ0n) is 12.9. The van der Waals surface area contributed by atoms with Crippen molar-refractivity contribution >= 4 is 11.3 Å². The summed E-state index contributed by atoms with van der Waals surface area (Å²) >= 11 is 1.77. The third-order valence-corrected chi connectivity index (χ3v) is 5.84. The van der Waals surface area contributed by atoms with Crippen LogP contribution in [0.4, 0.5) is 0 Å². The maximum Gasteiger partial charge on any atom is 0.0897 e. The second-order valence-electron chi connectivity index (χ2n) is 6.59. The van der Waals surface area contributed by atoms with Gasteiger partial charge in [-0.05, 0) is 31.6 Å². The van der Waals surface area contributed by atoms with Crippen LogP contribution in [0.5, 0.6) is 0 Å². The minimum atomic E-state index is 0.664. The number of hydrogen-bond acceptors (Lipinski definition) is 4. The van der Waals surface area contributed by atoms with E-state index >= 15 is 0 Å². The van der Waals surface area contributed by atoms with Crippen LogP contribution in [0.1, 0.15) is 43.8 Å². The van der Waals surface area contributed by atoms with Gasteiger partial charge in [-0.2, -0.15) is 0 Å². The average Bonchev–Trinajstić information content (AvgIpc) is 3.22. The van der Waals surface area contributed by atoms with Gasteiger partial charge in [0.05, 0.1) is 10.7 Å². The zero-order chi connectivity index (χ0) is 14.1. The Hall–Kier alpha value is -0.450. The van der Waals surface area contributed by atoms with Crippen LogP contribution in [-0.4, -0.2) is 35.1 Å². The molecule has 0 bridgehead atoms. The number of nitrogens with zero attached hydrogens (tertiary/aromatic N) is 2. The lowest BCUT2D eigenvalue weighted by atomic mass is 9.93. The Bertz CT molecular complexity index is 441. The van der Waals surface area contributed by atoms with Crippen molar-refractivity contribution in [2.45, 2.75) is 58.7 Å². The topological polar surface area (TPSA) is 28.2 Å². The number of aryl methyl sites for hydroxylation is 1. The molecule has 112 valence electrons. The molecule has 1 saturated heterocycles. The molecule has 3 atom stereocenters. The molecule has 2 fully saturated rings. The molecule has 0 radical (unpaired) electrons. The number of aromatic nitrogens is 1. The van der Waals surface area contributed by atoms with Crippen LogP contribution in [0, 0.1) is 18.8 Å². The maximum absolute atomic E-state index is 4.67. The summed E-state index contributed by atoms with van der Waals surface area (Å²) in [6, 6.07) is 1.38. The second kappa shape index (κ2) is 6.12. The van der Waals surface area contributed by atoms with E-state index in [1.807, 2.05) is 0 Å². The van der Waals surface area contributed by atoms with E-state index in [9.17, 15) is 0 Å². The van der Waals surface area contributed by atoms with Gasteiger partial charge in [-0.25, -0.2) is 4.98 Å². The highest BCUT2D eigenvalue weighted by Gasteiger charge is 2.38. The van der Waals surface area contributed by atoms with E-state index in [1.165, 1.54) is 36.5 Å². The standard InChI is InChI=1S/C16H27N3S/c1-4-11(2)16-7-17-15(13-5-6-13)9-19(16)8-14-10-20-12(3)18-14/h10-11,13,15-17H,4-9H2,1-3H3. The van der Waals surface area contributed by atoms with Gasteiger partial charge in [0.15, 0.2) is 0 Å². The molecular formula is C16H27N3S. The number of nitrogens with one attached hydrogen (secondary N) is 1. The van der Waals surface area contributed by atoms with E-state index in [0.29, 0.717) is 6.04 Å². The van der Waals surface area contributed by atoms with Crippen molar-refractivity contribution in [2.75, 3.05) is 13.1 Å². The lowest BCUT2D eigenvalue weighted by Gasteiger charge is -2.43. The highest BCUT2D eigenvalue weighted by atomic mass is 32.1. The first-order valence-electron chi connectivity index (χ1n) is 8.05. The Morgan fingerprint density at radius 3 is 2.90 bits per heavy atom. The predicted octanol–water partition coefficient (Wildman–Crippen LogP) is 3.05. The number of hydrogen-bond donors (Lipinski definition) is 1. The van der Waals surface area contributed by atoms with Crippen LogP contribution in [0.25, 0.3) is 0 Å². The molecule has 1 aliphatic heterocycles. The van der Waals surface area contributed by atoms with Gasteiger partial charge in [0.2, 0.25) is 0 Å². The van der Waals surface area contributed by atoms with Gasteiger partial charge in [0.1, 0.15) is 0 Å². The molecule has 4 heteroatoms. The normalized spacial score (nSPS) is 29.6. The molecule has 0 aromatic carbocycles. The van der Waals surface area contributed by atoms with Crippen LogP contribution in [-0.2, 0) is 6.54 Å². The summed E-state index contributed by atoms with van der Waals surface area (Å²) in [6.45, 7) is 10.2. The average molecular weight is 293 g/mol. The summed E-state index contributed by atoms with van der Waals surface area (Å²) in [5, 5.41) is 7.23. The smallest absolute Gasteiger partial charge is 0.0897 e. The maximum atomic E-state index is 4.67. The SMILES string of the molecule is CCC(C)C1CNC(C2CC2)CN1Cc1csc(C)n1. The highest BCUT2D eigenvalue weighted by molar-refractivity contribution is 7.09. The summed E-state index contributed by atoms with van der Waals surface area (Å²) in [5.41, 5.74) is 1.26. The van der Waals surface area contributed by atoms with Gasteiger partial charge in [-0.15, -0.1) is 11.3 Å². The van der Waals surface area contributed by atoms with Crippen LogP contribution >= 0.6 is 11.3 Å². The van der Waals surface area contributed by atoms with Crippen molar-refractivity contribution in [1.82, 2.24) is 15.2 Å². The minimum Gasteiger partial charge on any atom is -0.311 e. The zero-order valence-corrected chi connectivity index (χ0v) is 13.7. The summed E-state index contributed by atoms with van der Waals surface area (Å²) in [5.74, 6) is 1.69.